The third kappa shape index (κ3) is 4.49. The van der Waals surface area contributed by atoms with Gasteiger partial charge in [0.2, 0.25) is 0 Å². The quantitative estimate of drug-likeness (QED) is 0.376. The fraction of sp³-hybridized carbons (Fsp3) is 0.364. The van der Waals surface area contributed by atoms with Crippen LogP contribution < -0.4 is 4.46 Å². The van der Waals surface area contributed by atoms with Gasteiger partial charge < -0.3 is 0 Å². The van der Waals surface area contributed by atoms with Crippen LogP contribution in [0.25, 0.3) is 10.4 Å². The molecule has 0 spiro atoms. The van der Waals surface area contributed by atoms with Crippen molar-refractivity contribution in [1.29, 1.82) is 0 Å². The molecule has 5 nitrogen and oxygen atoms in total. The van der Waals surface area contributed by atoms with Crippen LogP contribution in [0.5, 0.6) is 0 Å². The second-order valence-corrected chi connectivity index (χ2v) is 5.88. The Kier molecular flexibility index (Phi) is 5.57. The number of rotatable bonds is 6. The van der Waals surface area contributed by atoms with Crippen LogP contribution in [-0.2, 0) is 4.79 Å². The van der Waals surface area contributed by atoms with Gasteiger partial charge in [-0.05, 0) is 0 Å². The molecule has 1 unspecified atom stereocenters. The van der Waals surface area contributed by atoms with Crippen molar-refractivity contribution in [2.75, 3.05) is 0 Å². The second-order valence-electron chi connectivity index (χ2n) is 3.59. The van der Waals surface area contributed by atoms with Gasteiger partial charge in [0.25, 0.3) is 0 Å². The summed E-state index contributed by atoms with van der Waals surface area (Å²) in [7, 11) is 0. The zero-order valence-corrected chi connectivity index (χ0v) is 11.1. The maximum absolute atomic E-state index is 10.9. The summed E-state index contributed by atoms with van der Waals surface area (Å²) in [6.45, 7) is 1.80. The van der Waals surface area contributed by atoms with E-state index in [1.165, 1.54) is 4.46 Å². The number of aliphatic carboxylic acids is 1. The van der Waals surface area contributed by atoms with Gasteiger partial charge in [0.05, 0.1) is 0 Å². The van der Waals surface area contributed by atoms with Crippen molar-refractivity contribution in [1.82, 2.24) is 0 Å². The number of carboxylic acid groups (broad SMARTS) is 1. The summed E-state index contributed by atoms with van der Waals surface area (Å²) >= 11 is 0.208. The summed E-state index contributed by atoms with van der Waals surface area (Å²) in [6.07, 6.45) is 0. The molecule has 0 heterocycles. The maximum atomic E-state index is 10.9. The summed E-state index contributed by atoms with van der Waals surface area (Å²) in [6, 6.07) is 8.95. The molecule has 0 bridgehead atoms. The molecule has 0 aliphatic heterocycles. The van der Waals surface area contributed by atoms with E-state index in [2.05, 4.69) is 10.0 Å². The number of hydrogen-bond acceptors (Lipinski definition) is 2. The zero-order chi connectivity index (χ0) is 12.7. The van der Waals surface area contributed by atoms with E-state index >= 15 is 0 Å². The summed E-state index contributed by atoms with van der Waals surface area (Å²) in [5.74, 6) is -1.21. The summed E-state index contributed by atoms with van der Waals surface area (Å²) in [5, 5.41) is 13.0. The Labute approximate surface area is 106 Å². The molecule has 2 atom stereocenters. The molecule has 0 saturated carbocycles. The van der Waals surface area contributed by atoms with Crippen molar-refractivity contribution in [2.45, 2.75) is 18.3 Å². The average Bonchev–Trinajstić information content (AvgIpc) is 2.34. The average molecular weight is 298 g/mol. The number of carbonyl (C=O) groups is 1. The Morgan fingerprint density at radius 3 is 2.71 bits per heavy atom. The first-order chi connectivity index (χ1) is 8.15. The molecule has 90 valence electrons. The SMILES string of the molecule is CC(C[Se]c1ccccc1)[C@H](N=[N+]=[N-])C(=O)O. The van der Waals surface area contributed by atoms with Crippen LogP contribution in [0.3, 0.4) is 0 Å². The molecule has 0 radical (unpaired) electrons. The van der Waals surface area contributed by atoms with Crippen LogP contribution >= 0.6 is 0 Å². The van der Waals surface area contributed by atoms with E-state index in [0.717, 1.165) is 5.32 Å². The Bertz CT molecular complexity index is 416. The van der Waals surface area contributed by atoms with Gasteiger partial charge in [0, 0.05) is 0 Å². The summed E-state index contributed by atoms with van der Waals surface area (Å²) < 4.78 is 1.22. The third-order valence-corrected chi connectivity index (χ3v) is 4.95. The van der Waals surface area contributed by atoms with Crippen molar-refractivity contribution >= 4 is 25.4 Å². The summed E-state index contributed by atoms with van der Waals surface area (Å²) in [4.78, 5) is 13.5. The molecule has 17 heavy (non-hydrogen) atoms. The first kappa shape index (κ1) is 13.6. The van der Waals surface area contributed by atoms with Gasteiger partial charge in [0.1, 0.15) is 0 Å². The van der Waals surface area contributed by atoms with Crippen LogP contribution in [-0.4, -0.2) is 32.1 Å². The molecule has 6 heteroatoms. The van der Waals surface area contributed by atoms with Gasteiger partial charge in [-0.1, -0.05) is 0 Å². The fourth-order valence-electron chi connectivity index (χ4n) is 1.30. The third-order valence-electron chi connectivity index (χ3n) is 2.22. The van der Waals surface area contributed by atoms with Crippen LogP contribution in [0.1, 0.15) is 6.92 Å². The van der Waals surface area contributed by atoms with Crippen LogP contribution in [0.15, 0.2) is 35.4 Å². The molecule has 0 aromatic heterocycles. The standard InChI is InChI=1S/C11H13N3O2Se/c1-8(10(11(15)16)13-14-12)7-17-9-5-3-2-4-6-9/h2-6,8,10H,7H2,1H3,(H,15,16)/t8?,10-/m0/s1. The predicted molar refractivity (Wildman–Crippen MR) is 66.4 cm³/mol. The molecule has 0 amide bonds. The molecule has 1 aromatic rings. The molecule has 1 N–H and O–H groups in total. The zero-order valence-electron chi connectivity index (χ0n) is 9.35. The number of carboxylic acids is 1. The van der Waals surface area contributed by atoms with Gasteiger partial charge in [0.15, 0.2) is 0 Å². The number of azide groups is 1. The Hall–Kier alpha value is -1.48. The van der Waals surface area contributed by atoms with Crippen LogP contribution in [0, 0.1) is 5.92 Å². The fourth-order valence-corrected chi connectivity index (χ4v) is 3.37. The minimum atomic E-state index is -1.06. The molecular formula is C11H13N3O2Se. The second kappa shape index (κ2) is 6.97. The number of benzene rings is 1. The summed E-state index contributed by atoms with van der Waals surface area (Å²) in [5.41, 5.74) is 8.32. The van der Waals surface area contributed by atoms with E-state index in [4.69, 9.17) is 10.6 Å². The first-order valence-electron chi connectivity index (χ1n) is 5.10. The van der Waals surface area contributed by atoms with Crippen molar-refractivity contribution in [3.63, 3.8) is 0 Å². The van der Waals surface area contributed by atoms with Gasteiger partial charge in [-0.3, -0.25) is 0 Å². The molecule has 0 saturated heterocycles. The van der Waals surface area contributed by atoms with E-state index in [9.17, 15) is 4.79 Å². The molecule has 0 aliphatic carbocycles. The van der Waals surface area contributed by atoms with Crippen LogP contribution in [0.4, 0.5) is 0 Å². The Morgan fingerprint density at radius 2 is 2.18 bits per heavy atom. The first-order valence-corrected chi connectivity index (χ1v) is 7.16. The normalized spacial score (nSPS) is 13.5. The Morgan fingerprint density at radius 1 is 1.53 bits per heavy atom. The molecule has 0 fully saturated rings. The topological polar surface area (TPSA) is 86.1 Å². The van der Waals surface area contributed by atoms with Gasteiger partial charge in [-0.2, -0.15) is 0 Å². The van der Waals surface area contributed by atoms with E-state index in [1.807, 2.05) is 30.3 Å². The van der Waals surface area contributed by atoms with Gasteiger partial charge in [-0.15, -0.1) is 0 Å². The van der Waals surface area contributed by atoms with Gasteiger partial charge >= 0.3 is 105 Å². The van der Waals surface area contributed by atoms with Gasteiger partial charge in [-0.25, -0.2) is 0 Å². The Balaban J connectivity index is 2.56. The van der Waals surface area contributed by atoms with E-state index in [1.54, 1.807) is 6.92 Å². The number of hydrogen-bond donors (Lipinski definition) is 1. The van der Waals surface area contributed by atoms with Crippen molar-refractivity contribution in [3.8, 4) is 0 Å². The minimum absolute atomic E-state index is 0.149. The monoisotopic (exact) mass is 299 g/mol. The molecule has 1 aromatic carbocycles. The van der Waals surface area contributed by atoms with Crippen molar-refractivity contribution in [3.05, 3.63) is 40.8 Å². The molecular weight excluding hydrogens is 285 g/mol. The molecule has 1 rings (SSSR count). The molecule has 0 aliphatic rings. The predicted octanol–water partition coefficient (Wildman–Crippen LogP) is 1.83. The number of nitrogens with zero attached hydrogens (tertiary/aromatic N) is 3. The van der Waals surface area contributed by atoms with E-state index in [-0.39, 0.29) is 20.9 Å². The van der Waals surface area contributed by atoms with Crippen molar-refractivity contribution < 1.29 is 9.90 Å². The van der Waals surface area contributed by atoms with E-state index < -0.39 is 12.0 Å². The van der Waals surface area contributed by atoms with E-state index in [0.29, 0.717) is 0 Å². The van der Waals surface area contributed by atoms with Crippen molar-refractivity contribution in [2.24, 2.45) is 11.0 Å². The van der Waals surface area contributed by atoms with Crippen LogP contribution in [0.2, 0.25) is 5.32 Å².